The van der Waals surface area contributed by atoms with Crippen LogP contribution >= 0.6 is 11.6 Å². The number of rotatable bonds is 2. The molecule has 19 heavy (non-hydrogen) atoms. The second kappa shape index (κ2) is 5.80. The van der Waals surface area contributed by atoms with Crippen molar-refractivity contribution < 1.29 is 9.53 Å². The first-order valence-corrected chi connectivity index (χ1v) is 6.72. The van der Waals surface area contributed by atoms with Crippen molar-refractivity contribution in [2.24, 2.45) is 0 Å². The summed E-state index contributed by atoms with van der Waals surface area (Å²) < 4.78 is 5.16. The number of hydrogen-bond donors (Lipinski definition) is 0. The van der Waals surface area contributed by atoms with E-state index in [-0.39, 0.29) is 5.91 Å². The zero-order chi connectivity index (χ0) is 14.0. The quantitative estimate of drug-likeness (QED) is 0.832. The fourth-order valence-electron chi connectivity index (χ4n) is 2.22. The summed E-state index contributed by atoms with van der Waals surface area (Å²) in [6, 6.07) is 3.52. The van der Waals surface area contributed by atoms with Gasteiger partial charge < -0.3 is 14.5 Å². The average Bonchev–Trinajstić information content (AvgIpc) is 2.41. The molecule has 1 heterocycles. The molecule has 2 rings (SSSR count). The predicted molar refractivity (Wildman–Crippen MR) is 76.1 cm³/mol. The number of hydrogen-bond acceptors (Lipinski definition) is 3. The van der Waals surface area contributed by atoms with Gasteiger partial charge in [0.2, 0.25) is 0 Å². The molecule has 1 fully saturated rings. The molecular formula is C14H19ClN2O2. The maximum Gasteiger partial charge on any atom is 0.254 e. The first-order chi connectivity index (χ1) is 9.02. The summed E-state index contributed by atoms with van der Waals surface area (Å²) in [5, 5.41) is 0.477. The summed E-state index contributed by atoms with van der Waals surface area (Å²) in [7, 11) is 3.64. The van der Waals surface area contributed by atoms with Gasteiger partial charge >= 0.3 is 0 Å². The van der Waals surface area contributed by atoms with Crippen LogP contribution in [-0.2, 0) is 0 Å². The summed E-state index contributed by atoms with van der Waals surface area (Å²) >= 11 is 6.10. The van der Waals surface area contributed by atoms with E-state index in [1.54, 1.807) is 13.2 Å². The molecular weight excluding hydrogens is 264 g/mol. The summed E-state index contributed by atoms with van der Waals surface area (Å²) in [6.45, 7) is 5.25. The molecule has 104 valence electrons. The molecule has 0 spiro atoms. The number of carbonyl (C=O) groups is 1. The molecule has 1 aromatic rings. The molecule has 1 saturated heterocycles. The van der Waals surface area contributed by atoms with E-state index in [2.05, 4.69) is 11.9 Å². The third-order valence-electron chi connectivity index (χ3n) is 3.52. The molecule has 0 aliphatic carbocycles. The molecule has 1 aromatic carbocycles. The van der Waals surface area contributed by atoms with Gasteiger partial charge in [-0.2, -0.15) is 0 Å². The van der Waals surface area contributed by atoms with E-state index in [0.717, 1.165) is 31.7 Å². The molecule has 1 aliphatic heterocycles. The zero-order valence-corrected chi connectivity index (χ0v) is 12.3. The Morgan fingerprint density at radius 3 is 2.47 bits per heavy atom. The number of halogens is 1. The van der Waals surface area contributed by atoms with E-state index in [1.165, 1.54) is 0 Å². The molecule has 0 saturated carbocycles. The Morgan fingerprint density at radius 1 is 1.26 bits per heavy atom. The van der Waals surface area contributed by atoms with Crippen molar-refractivity contribution in [2.75, 3.05) is 40.3 Å². The highest BCUT2D eigenvalue weighted by atomic mass is 35.5. The fraction of sp³-hybridized carbons (Fsp3) is 0.500. The maximum absolute atomic E-state index is 12.5. The second-order valence-electron chi connectivity index (χ2n) is 4.90. The van der Waals surface area contributed by atoms with E-state index in [4.69, 9.17) is 16.3 Å². The minimum Gasteiger partial charge on any atom is -0.495 e. The van der Waals surface area contributed by atoms with Crippen LogP contribution < -0.4 is 4.74 Å². The Balaban J connectivity index is 2.22. The molecule has 4 nitrogen and oxygen atoms in total. The summed E-state index contributed by atoms with van der Waals surface area (Å²) in [4.78, 5) is 16.6. The first-order valence-electron chi connectivity index (χ1n) is 6.35. The van der Waals surface area contributed by atoms with Gasteiger partial charge in [0.15, 0.2) is 0 Å². The van der Waals surface area contributed by atoms with Crippen LogP contribution in [0.4, 0.5) is 0 Å². The molecule has 0 unspecified atom stereocenters. The van der Waals surface area contributed by atoms with Crippen LogP contribution in [0.15, 0.2) is 12.1 Å². The predicted octanol–water partition coefficient (Wildman–Crippen LogP) is 2.04. The minimum atomic E-state index is 0.0511. The van der Waals surface area contributed by atoms with Gasteiger partial charge in [-0.1, -0.05) is 11.6 Å². The van der Waals surface area contributed by atoms with Crippen molar-refractivity contribution >= 4 is 17.5 Å². The molecule has 0 radical (unpaired) electrons. The molecule has 1 amide bonds. The number of carbonyl (C=O) groups excluding carboxylic acids is 1. The second-order valence-corrected chi connectivity index (χ2v) is 5.30. The van der Waals surface area contributed by atoms with Crippen LogP contribution in [0, 0.1) is 6.92 Å². The monoisotopic (exact) mass is 282 g/mol. The highest BCUT2D eigenvalue weighted by molar-refractivity contribution is 6.32. The summed E-state index contributed by atoms with van der Waals surface area (Å²) in [5.74, 6) is 0.657. The Morgan fingerprint density at radius 2 is 1.89 bits per heavy atom. The Hall–Kier alpha value is -1.26. The van der Waals surface area contributed by atoms with Crippen molar-refractivity contribution in [2.45, 2.75) is 6.92 Å². The largest absolute Gasteiger partial charge is 0.495 e. The van der Waals surface area contributed by atoms with Crippen LogP contribution in [0.25, 0.3) is 0 Å². The molecule has 0 atom stereocenters. The van der Waals surface area contributed by atoms with Gasteiger partial charge in [0, 0.05) is 31.7 Å². The Labute approximate surface area is 118 Å². The number of ether oxygens (including phenoxy) is 1. The standard InChI is InChI=1S/C14H19ClN2O2/c1-10-8-13(19-3)12(15)9-11(10)14(18)17-6-4-16(2)5-7-17/h8-9H,4-7H2,1-3H3. The Bertz CT molecular complexity index is 483. The lowest BCUT2D eigenvalue weighted by Crippen LogP contribution is -2.47. The van der Waals surface area contributed by atoms with Gasteiger partial charge in [-0.05, 0) is 31.7 Å². The van der Waals surface area contributed by atoms with Gasteiger partial charge in [-0.25, -0.2) is 0 Å². The topological polar surface area (TPSA) is 32.8 Å². The lowest BCUT2D eigenvalue weighted by Gasteiger charge is -2.32. The smallest absolute Gasteiger partial charge is 0.254 e. The van der Waals surface area contributed by atoms with E-state index < -0.39 is 0 Å². The van der Waals surface area contributed by atoms with Crippen molar-refractivity contribution in [3.63, 3.8) is 0 Å². The van der Waals surface area contributed by atoms with Crippen LogP contribution in [0.2, 0.25) is 5.02 Å². The van der Waals surface area contributed by atoms with Crippen LogP contribution in [0.5, 0.6) is 5.75 Å². The van der Waals surface area contributed by atoms with E-state index in [0.29, 0.717) is 16.3 Å². The van der Waals surface area contributed by atoms with Crippen LogP contribution in [-0.4, -0.2) is 56.0 Å². The van der Waals surface area contributed by atoms with E-state index in [1.807, 2.05) is 17.9 Å². The first kappa shape index (κ1) is 14.2. The number of amides is 1. The highest BCUT2D eigenvalue weighted by Crippen LogP contribution is 2.28. The fourth-order valence-corrected chi connectivity index (χ4v) is 2.46. The number of likely N-dealkylation sites (N-methyl/N-ethyl adjacent to an activating group) is 1. The van der Waals surface area contributed by atoms with Crippen molar-refractivity contribution in [1.29, 1.82) is 0 Å². The van der Waals surface area contributed by atoms with E-state index >= 15 is 0 Å². The number of methoxy groups -OCH3 is 1. The third kappa shape index (κ3) is 3.01. The minimum absolute atomic E-state index is 0.0511. The van der Waals surface area contributed by atoms with Crippen molar-refractivity contribution in [1.82, 2.24) is 9.80 Å². The number of benzene rings is 1. The third-order valence-corrected chi connectivity index (χ3v) is 3.82. The molecule has 5 heteroatoms. The summed E-state index contributed by atoms with van der Waals surface area (Å²) in [5.41, 5.74) is 1.56. The van der Waals surface area contributed by atoms with Crippen LogP contribution in [0.1, 0.15) is 15.9 Å². The number of piperazine rings is 1. The van der Waals surface area contributed by atoms with Gasteiger partial charge in [0.05, 0.1) is 12.1 Å². The Kier molecular flexibility index (Phi) is 4.32. The SMILES string of the molecule is COc1cc(C)c(C(=O)N2CCN(C)CC2)cc1Cl. The van der Waals surface area contributed by atoms with E-state index in [9.17, 15) is 4.79 Å². The molecule has 0 N–H and O–H groups in total. The molecule has 1 aliphatic rings. The van der Waals surface area contributed by atoms with Crippen molar-refractivity contribution in [3.8, 4) is 5.75 Å². The van der Waals surface area contributed by atoms with Crippen molar-refractivity contribution in [3.05, 3.63) is 28.3 Å². The molecule has 0 aromatic heterocycles. The lowest BCUT2D eigenvalue weighted by atomic mass is 10.1. The summed E-state index contributed by atoms with van der Waals surface area (Å²) in [6.07, 6.45) is 0. The normalized spacial score (nSPS) is 16.5. The number of nitrogens with zero attached hydrogens (tertiary/aromatic N) is 2. The number of aryl methyl sites for hydroxylation is 1. The highest BCUT2D eigenvalue weighted by Gasteiger charge is 2.22. The lowest BCUT2D eigenvalue weighted by molar-refractivity contribution is 0.0663. The maximum atomic E-state index is 12.5. The van der Waals surface area contributed by atoms with Gasteiger partial charge in [0.25, 0.3) is 5.91 Å². The average molecular weight is 283 g/mol. The van der Waals surface area contributed by atoms with Gasteiger partial charge in [-0.15, -0.1) is 0 Å². The molecule has 0 bridgehead atoms. The van der Waals surface area contributed by atoms with Gasteiger partial charge in [0.1, 0.15) is 5.75 Å². The van der Waals surface area contributed by atoms with Gasteiger partial charge in [-0.3, -0.25) is 4.79 Å². The zero-order valence-electron chi connectivity index (χ0n) is 11.6. The van der Waals surface area contributed by atoms with Crippen LogP contribution in [0.3, 0.4) is 0 Å².